The van der Waals surface area contributed by atoms with Crippen LogP contribution in [0.5, 0.6) is 0 Å². The molecule has 0 unspecified atom stereocenters. The highest BCUT2D eigenvalue weighted by molar-refractivity contribution is 5.97. The first kappa shape index (κ1) is 11.5. The van der Waals surface area contributed by atoms with E-state index in [2.05, 4.69) is 27.7 Å². The predicted octanol–water partition coefficient (Wildman–Crippen LogP) is 2.56. The zero-order chi connectivity index (χ0) is 12.6. The molecule has 0 amide bonds. The molecule has 0 bridgehead atoms. The van der Waals surface area contributed by atoms with Crippen molar-refractivity contribution in [1.29, 1.82) is 0 Å². The minimum Gasteiger partial charge on any atom is -0.393 e. The fourth-order valence-electron chi connectivity index (χ4n) is 4.80. The number of ketones is 1. The molecule has 1 N–H and O–H groups in total. The first-order chi connectivity index (χ1) is 7.79. The number of aliphatic hydroxyl groups is 1. The summed E-state index contributed by atoms with van der Waals surface area (Å²) in [6.45, 7) is 8.99. The maximum atomic E-state index is 12.1. The Morgan fingerprint density at radius 3 is 2.65 bits per heavy atom. The normalized spacial score (nSPS) is 51.4. The minimum absolute atomic E-state index is 0.140. The quantitative estimate of drug-likeness (QED) is 0.699. The summed E-state index contributed by atoms with van der Waals surface area (Å²) in [7, 11) is 0. The molecule has 0 aromatic heterocycles. The monoisotopic (exact) mass is 234 g/mol. The van der Waals surface area contributed by atoms with Gasteiger partial charge in [-0.25, -0.2) is 0 Å². The van der Waals surface area contributed by atoms with Gasteiger partial charge in [-0.3, -0.25) is 4.79 Å². The van der Waals surface area contributed by atoms with E-state index in [-0.39, 0.29) is 22.9 Å². The number of rotatable bonds is 0. The molecule has 0 spiro atoms. The number of hydrogen-bond donors (Lipinski definition) is 1. The van der Waals surface area contributed by atoms with Crippen molar-refractivity contribution in [3.63, 3.8) is 0 Å². The van der Waals surface area contributed by atoms with Gasteiger partial charge in [0.05, 0.1) is 6.10 Å². The third-order valence-electron chi connectivity index (χ3n) is 5.89. The van der Waals surface area contributed by atoms with E-state index in [0.29, 0.717) is 24.0 Å². The molecule has 5 atom stereocenters. The van der Waals surface area contributed by atoms with Gasteiger partial charge in [-0.15, -0.1) is 0 Å². The van der Waals surface area contributed by atoms with Gasteiger partial charge in [-0.2, -0.15) is 0 Å². The molecule has 0 radical (unpaired) electrons. The molecule has 3 rings (SSSR count). The Morgan fingerprint density at radius 1 is 1.35 bits per heavy atom. The number of fused-ring (bicyclic) bond motifs is 3. The van der Waals surface area contributed by atoms with E-state index in [1.54, 1.807) is 0 Å². The summed E-state index contributed by atoms with van der Waals surface area (Å²) in [5.41, 5.74) is 1.50. The van der Waals surface area contributed by atoms with E-state index < -0.39 is 0 Å². The smallest absolute Gasteiger partial charge is 0.159 e. The standard InChI is InChI=1S/C15H22O2/c1-8-5-10(16)6-9-7-11(17)12-13(14(12,2)3)15(8,9)4/h7-8,10,12-13,16H,5-6H2,1-4H3/t8-,10+,12-,13+,15+/m1/s1. The van der Waals surface area contributed by atoms with Crippen molar-refractivity contribution in [3.8, 4) is 0 Å². The topological polar surface area (TPSA) is 37.3 Å². The Labute approximate surface area is 103 Å². The van der Waals surface area contributed by atoms with Gasteiger partial charge in [-0.05, 0) is 41.6 Å². The third-order valence-corrected chi connectivity index (χ3v) is 5.89. The second-order valence-electron chi connectivity index (χ2n) is 7.13. The molecule has 0 aromatic rings. The minimum atomic E-state index is -0.254. The van der Waals surface area contributed by atoms with Crippen LogP contribution in [0.4, 0.5) is 0 Å². The zero-order valence-corrected chi connectivity index (χ0v) is 11.2. The lowest BCUT2D eigenvalue weighted by Gasteiger charge is -2.46. The van der Waals surface area contributed by atoms with Crippen LogP contribution in [0.15, 0.2) is 11.6 Å². The molecule has 2 nitrogen and oxygen atoms in total. The molecule has 94 valence electrons. The van der Waals surface area contributed by atoms with Crippen molar-refractivity contribution in [2.75, 3.05) is 0 Å². The summed E-state index contributed by atoms with van der Waals surface area (Å²) in [6.07, 6.45) is 3.18. The van der Waals surface area contributed by atoms with E-state index in [1.807, 2.05) is 6.08 Å². The van der Waals surface area contributed by atoms with Crippen molar-refractivity contribution in [2.45, 2.75) is 46.6 Å². The Balaban J connectivity index is 2.08. The lowest BCUT2D eigenvalue weighted by Crippen LogP contribution is -2.42. The molecular formula is C15H22O2. The van der Waals surface area contributed by atoms with Gasteiger partial charge in [-0.1, -0.05) is 33.3 Å². The third kappa shape index (κ3) is 1.22. The van der Waals surface area contributed by atoms with Crippen LogP contribution in [0.25, 0.3) is 0 Å². The van der Waals surface area contributed by atoms with Crippen LogP contribution < -0.4 is 0 Å². The van der Waals surface area contributed by atoms with Crippen LogP contribution in [-0.4, -0.2) is 17.0 Å². The SMILES string of the molecule is C[C@@H]1C[C@H](O)CC2=CC(=O)[C@@H]3[C@@H](C3(C)C)[C@]21C. The molecular weight excluding hydrogens is 212 g/mol. The van der Waals surface area contributed by atoms with Gasteiger partial charge < -0.3 is 5.11 Å². The van der Waals surface area contributed by atoms with Crippen LogP contribution in [0.1, 0.15) is 40.5 Å². The van der Waals surface area contributed by atoms with E-state index in [1.165, 1.54) is 5.57 Å². The van der Waals surface area contributed by atoms with Gasteiger partial charge in [0.2, 0.25) is 0 Å². The Hall–Kier alpha value is -0.630. The fraction of sp³-hybridized carbons (Fsp3) is 0.800. The Morgan fingerprint density at radius 2 is 2.00 bits per heavy atom. The zero-order valence-electron chi connectivity index (χ0n) is 11.2. The maximum Gasteiger partial charge on any atom is 0.159 e. The summed E-state index contributed by atoms with van der Waals surface area (Å²) < 4.78 is 0. The van der Waals surface area contributed by atoms with E-state index >= 15 is 0 Å². The van der Waals surface area contributed by atoms with Crippen LogP contribution in [0.3, 0.4) is 0 Å². The highest BCUT2D eigenvalue weighted by Gasteiger charge is 2.71. The van der Waals surface area contributed by atoms with Gasteiger partial charge in [0, 0.05) is 5.92 Å². The van der Waals surface area contributed by atoms with Crippen LogP contribution in [0.2, 0.25) is 0 Å². The average Bonchev–Trinajstić information content (AvgIpc) is 2.77. The van der Waals surface area contributed by atoms with Crippen LogP contribution in [-0.2, 0) is 4.79 Å². The second-order valence-corrected chi connectivity index (χ2v) is 7.13. The Kier molecular flexibility index (Phi) is 2.04. The molecule has 0 aliphatic heterocycles. The molecule has 2 fully saturated rings. The number of carbonyl (C=O) groups excluding carboxylic acids is 1. The molecule has 0 heterocycles. The lowest BCUT2D eigenvalue weighted by molar-refractivity contribution is -0.117. The number of carbonyl (C=O) groups is 1. The molecule has 2 saturated carbocycles. The van der Waals surface area contributed by atoms with Crippen LogP contribution in [0, 0.1) is 28.6 Å². The maximum absolute atomic E-state index is 12.1. The molecule has 3 aliphatic rings. The summed E-state index contributed by atoms with van der Waals surface area (Å²) in [4.78, 5) is 12.1. The summed E-state index contributed by atoms with van der Waals surface area (Å²) in [6, 6.07) is 0. The first-order valence-electron chi connectivity index (χ1n) is 6.72. The molecule has 17 heavy (non-hydrogen) atoms. The largest absolute Gasteiger partial charge is 0.393 e. The average molecular weight is 234 g/mol. The lowest BCUT2D eigenvalue weighted by atomic mass is 9.58. The number of hydrogen-bond acceptors (Lipinski definition) is 2. The molecule has 2 heteroatoms. The number of aliphatic hydroxyl groups excluding tert-OH is 1. The summed E-state index contributed by atoms with van der Waals surface area (Å²) in [5, 5.41) is 9.90. The van der Waals surface area contributed by atoms with E-state index in [0.717, 1.165) is 6.42 Å². The molecule has 0 saturated heterocycles. The fourth-order valence-corrected chi connectivity index (χ4v) is 4.80. The van der Waals surface area contributed by atoms with Gasteiger partial charge in [0.25, 0.3) is 0 Å². The van der Waals surface area contributed by atoms with Crippen LogP contribution >= 0.6 is 0 Å². The molecule has 0 aromatic carbocycles. The first-order valence-corrected chi connectivity index (χ1v) is 6.72. The van der Waals surface area contributed by atoms with Gasteiger partial charge in [0.15, 0.2) is 5.78 Å². The van der Waals surface area contributed by atoms with Crippen molar-refractivity contribution in [3.05, 3.63) is 11.6 Å². The highest BCUT2D eigenvalue weighted by atomic mass is 16.3. The predicted molar refractivity (Wildman–Crippen MR) is 66.4 cm³/mol. The summed E-state index contributed by atoms with van der Waals surface area (Å²) in [5.74, 6) is 1.49. The van der Waals surface area contributed by atoms with Crippen molar-refractivity contribution >= 4 is 5.78 Å². The van der Waals surface area contributed by atoms with Gasteiger partial charge >= 0.3 is 0 Å². The number of allylic oxidation sites excluding steroid dienone is 1. The van der Waals surface area contributed by atoms with Crippen molar-refractivity contribution in [2.24, 2.45) is 28.6 Å². The second kappa shape index (κ2) is 3.03. The summed E-state index contributed by atoms with van der Waals surface area (Å²) >= 11 is 0. The molecule has 3 aliphatic carbocycles. The van der Waals surface area contributed by atoms with E-state index in [4.69, 9.17) is 0 Å². The van der Waals surface area contributed by atoms with E-state index in [9.17, 15) is 9.90 Å². The van der Waals surface area contributed by atoms with Crippen molar-refractivity contribution in [1.82, 2.24) is 0 Å². The van der Waals surface area contributed by atoms with Crippen molar-refractivity contribution < 1.29 is 9.90 Å². The highest BCUT2D eigenvalue weighted by Crippen LogP contribution is 2.73. The Bertz CT molecular complexity index is 421. The van der Waals surface area contributed by atoms with Gasteiger partial charge in [0.1, 0.15) is 0 Å².